The van der Waals surface area contributed by atoms with Gasteiger partial charge >= 0.3 is 0 Å². The SMILES string of the molecule is c1ccc2c(c1)sc1c3c4ncncc4sc3c3c4ccccc4n(-c4ccc5c6ccccc6c6ccccc6c5c4)c3c21. The monoisotopic (exact) mass is 607 g/mol. The second-order valence-electron chi connectivity index (χ2n) is 11.7. The molecule has 208 valence electrons. The number of fused-ring (bicyclic) bond motifs is 18. The summed E-state index contributed by atoms with van der Waals surface area (Å²) in [5, 5.41) is 14.1. The highest BCUT2D eigenvalue weighted by atomic mass is 32.1. The highest BCUT2D eigenvalue weighted by Crippen LogP contribution is 2.51. The topological polar surface area (TPSA) is 30.7 Å². The van der Waals surface area contributed by atoms with Crippen molar-refractivity contribution in [3.63, 3.8) is 0 Å². The lowest BCUT2D eigenvalue weighted by Crippen LogP contribution is -1.95. The Hall–Kier alpha value is -5.36. The number of thiophene rings is 2. The van der Waals surface area contributed by atoms with E-state index < -0.39 is 0 Å². The molecule has 11 rings (SSSR count). The zero-order chi connectivity index (χ0) is 29.2. The van der Waals surface area contributed by atoms with Gasteiger partial charge in [-0.2, -0.15) is 0 Å². The van der Waals surface area contributed by atoms with Gasteiger partial charge in [-0.05, 0) is 56.6 Å². The highest BCUT2D eigenvalue weighted by Gasteiger charge is 2.25. The van der Waals surface area contributed by atoms with Gasteiger partial charge in [0, 0.05) is 52.9 Å². The van der Waals surface area contributed by atoms with Gasteiger partial charge in [0.2, 0.25) is 0 Å². The second kappa shape index (κ2) is 8.63. The van der Waals surface area contributed by atoms with Crippen molar-refractivity contribution in [1.82, 2.24) is 14.5 Å². The second-order valence-corrected chi connectivity index (χ2v) is 13.8. The van der Waals surface area contributed by atoms with Crippen molar-refractivity contribution >= 4 is 117 Å². The molecule has 0 aliphatic rings. The van der Waals surface area contributed by atoms with Gasteiger partial charge < -0.3 is 4.57 Å². The predicted molar refractivity (Wildman–Crippen MR) is 195 cm³/mol. The van der Waals surface area contributed by atoms with Gasteiger partial charge in [0.25, 0.3) is 0 Å². The van der Waals surface area contributed by atoms with Crippen molar-refractivity contribution in [3.05, 3.63) is 128 Å². The molecule has 0 saturated heterocycles. The maximum atomic E-state index is 4.83. The van der Waals surface area contributed by atoms with Crippen molar-refractivity contribution in [2.45, 2.75) is 0 Å². The van der Waals surface area contributed by atoms with Gasteiger partial charge in [-0.25, -0.2) is 9.97 Å². The van der Waals surface area contributed by atoms with Gasteiger partial charge in [-0.15, -0.1) is 22.7 Å². The molecule has 0 amide bonds. The summed E-state index contributed by atoms with van der Waals surface area (Å²) in [6.07, 6.45) is 3.65. The summed E-state index contributed by atoms with van der Waals surface area (Å²) < 4.78 is 7.52. The minimum atomic E-state index is 1.05. The fourth-order valence-electron chi connectivity index (χ4n) is 7.70. The first-order chi connectivity index (χ1) is 22.3. The molecular formula is C40H21N3S2. The van der Waals surface area contributed by atoms with Crippen molar-refractivity contribution < 1.29 is 0 Å². The molecule has 0 fully saturated rings. The zero-order valence-electron chi connectivity index (χ0n) is 23.8. The molecule has 0 unspecified atom stereocenters. The van der Waals surface area contributed by atoms with E-state index in [1.807, 2.05) is 28.9 Å². The average Bonchev–Trinajstić information content (AvgIpc) is 3.78. The van der Waals surface area contributed by atoms with Crippen LogP contribution in [0.4, 0.5) is 0 Å². The van der Waals surface area contributed by atoms with Crippen LogP contribution in [-0.2, 0) is 0 Å². The molecule has 4 aromatic heterocycles. The number of rotatable bonds is 1. The molecule has 5 heteroatoms. The number of hydrogen-bond acceptors (Lipinski definition) is 4. The fraction of sp³-hybridized carbons (Fsp3) is 0. The Morgan fingerprint density at radius 3 is 1.82 bits per heavy atom. The largest absolute Gasteiger partial charge is 0.308 e. The van der Waals surface area contributed by atoms with E-state index in [0.717, 1.165) is 10.2 Å². The van der Waals surface area contributed by atoms with Gasteiger partial charge in [-0.1, -0.05) is 91.0 Å². The Morgan fingerprint density at radius 2 is 1.07 bits per heavy atom. The smallest absolute Gasteiger partial charge is 0.116 e. The lowest BCUT2D eigenvalue weighted by atomic mass is 9.94. The van der Waals surface area contributed by atoms with Gasteiger partial charge in [-0.3, -0.25) is 0 Å². The number of para-hydroxylation sites is 1. The first kappa shape index (κ1) is 24.0. The average molecular weight is 608 g/mol. The highest BCUT2D eigenvalue weighted by molar-refractivity contribution is 7.30. The lowest BCUT2D eigenvalue weighted by molar-refractivity contribution is 1.19. The van der Waals surface area contributed by atoms with Gasteiger partial charge in [0.1, 0.15) is 6.33 Å². The van der Waals surface area contributed by atoms with Crippen molar-refractivity contribution in [2.24, 2.45) is 0 Å². The first-order valence-corrected chi connectivity index (χ1v) is 16.7. The van der Waals surface area contributed by atoms with Crippen LogP contribution in [-0.4, -0.2) is 14.5 Å². The molecule has 0 aliphatic carbocycles. The van der Waals surface area contributed by atoms with E-state index in [-0.39, 0.29) is 0 Å². The van der Waals surface area contributed by atoms with E-state index >= 15 is 0 Å². The summed E-state index contributed by atoms with van der Waals surface area (Å²) in [5.74, 6) is 0. The van der Waals surface area contributed by atoms with E-state index in [0.29, 0.717) is 0 Å². The van der Waals surface area contributed by atoms with Crippen molar-refractivity contribution in [3.8, 4) is 5.69 Å². The molecule has 0 bridgehead atoms. The summed E-state index contributed by atoms with van der Waals surface area (Å²) in [7, 11) is 0. The number of aromatic nitrogens is 3. The summed E-state index contributed by atoms with van der Waals surface area (Å²) in [6.45, 7) is 0. The lowest BCUT2D eigenvalue weighted by Gasteiger charge is -2.14. The van der Waals surface area contributed by atoms with Crippen LogP contribution < -0.4 is 0 Å². The van der Waals surface area contributed by atoms with Gasteiger partial charge in [0.15, 0.2) is 0 Å². The van der Waals surface area contributed by atoms with Gasteiger partial charge in [0.05, 0.1) is 21.3 Å². The summed E-state index contributed by atoms with van der Waals surface area (Å²) >= 11 is 3.69. The third kappa shape index (κ3) is 3.04. The van der Waals surface area contributed by atoms with Crippen LogP contribution in [0.25, 0.3) is 100 Å². The van der Waals surface area contributed by atoms with E-state index in [1.165, 1.54) is 90.1 Å². The number of nitrogens with zero attached hydrogens (tertiary/aromatic N) is 3. The standard InChI is InChI=1S/C40H21N3S2/c1-2-11-25-23(9-1)24-10-3-4-12-26(24)30-19-22(17-18-27(25)30)43-31-15-7-5-13-28(31)34-38(43)35-29-14-6-8-16-32(29)44-40(35)36-37-33(45-39(34)36)20-41-21-42-37/h1-21H. The number of hydrogen-bond donors (Lipinski definition) is 0. The van der Waals surface area contributed by atoms with Crippen LogP contribution in [0, 0.1) is 0 Å². The van der Waals surface area contributed by atoms with Crippen molar-refractivity contribution in [1.29, 1.82) is 0 Å². The minimum Gasteiger partial charge on any atom is -0.308 e. The normalized spacial score (nSPS) is 12.4. The first-order valence-electron chi connectivity index (χ1n) is 15.1. The molecule has 45 heavy (non-hydrogen) atoms. The van der Waals surface area contributed by atoms with E-state index in [4.69, 9.17) is 4.98 Å². The Balaban J connectivity index is 1.40. The molecule has 7 aromatic carbocycles. The summed E-state index contributed by atoms with van der Waals surface area (Å²) in [5.41, 5.74) is 4.69. The number of benzene rings is 7. The van der Waals surface area contributed by atoms with Crippen LogP contribution in [0.2, 0.25) is 0 Å². The molecule has 0 N–H and O–H groups in total. The van der Waals surface area contributed by atoms with E-state index in [9.17, 15) is 0 Å². The molecule has 0 atom stereocenters. The molecule has 0 spiro atoms. The zero-order valence-corrected chi connectivity index (χ0v) is 25.4. The van der Waals surface area contributed by atoms with Crippen LogP contribution in [0.3, 0.4) is 0 Å². The summed E-state index contributed by atoms with van der Waals surface area (Å²) in [6, 6.07) is 42.4. The van der Waals surface area contributed by atoms with Crippen molar-refractivity contribution in [2.75, 3.05) is 0 Å². The molecule has 0 saturated carbocycles. The van der Waals surface area contributed by atoms with Crippen LogP contribution in [0.15, 0.2) is 128 Å². The molecule has 0 aliphatic heterocycles. The maximum absolute atomic E-state index is 4.83. The Labute approximate surface area is 264 Å². The molecule has 3 nitrogen and oxygen atoms in total. The molecule has 11 aromatic rings. The predicted octanol–water partition coefficient (Wildman–Crippen LogP) is 11.8. The fourth-order valence-corrected chi connectivity index (χ4v) is 10.2. The Morgan fingerprint density at radius 1 is 0.489 bits per heavy atom. The van der Waals surface area contributed by atoms with E-state index in [1.54, 1.807) is 6.33 Å². The van der Waals surface area contributed by atoms with E-state index in [2.05, 4.69) is 125 Å². The molecule has 4 heterocycles. The summed E-state index contributed by atoms with van der Waals surface area (Å²) in [4.78, 5) is 9.23. The maximum Gasteiger partial charge on any atom is 0.116 e. The van der Waals surface area contributed by atoms with Crippen LogP contribution in [0.1, 0.15) is 0 Å². The van der Waals surface area contributed by atoms with Crippen LogP contribution in [0.5, 0.6) is 0 Å². The van der Waals surface area contributed by atoms with Crippen LogP contribution >= 0.6 is 22.7 Å². The quantitative estimate of drug-likeness (QED) is 0.174. The minimum absolute atomic E-state index is 1.05. The Kier molecular flexibility index (Phi) is 4.61. The Bertz CT molecular complexity index is 2990. The third-order valence-corrected chi connectivity index (χ3v) is 11.8. The molecule has 0 radical (unpaired) electrons. The molecular weight excluding hydrogens is 587 g/mol. The third-order valence-electron chi connectivity index (χ3n) is 9.50.